The summed E-state index contributed by atoms with van der Waals surface area (Å²) in [7, 11) is 1.78. The Bertz CT molecular complexity index is 589. The molecule has 0 saturated carbocycles. The lowest BCUT2D eigenvalue weighted by Gasteiger charge is -2.24. The number of rotatable bonds is 3. The Morgan fingerprint density at radius 1 is 1.63 bits per heavy atom. The summed E-state index contributed by atoms with van der Waals surface area (Å²) in [5.41, 5.74) is 0.428. The molecule has 0 spiro atoms. The number of fused-ring (bicyclic) bond motifs is 1. The molecule has 1 atom stereocenters. The minimum Gasteiger partial charge on any atom is -0.462 e. The van der Waals surface area contributed by atoms with Gasteiger partial charge in [-0.15, -0.1) is 0 Å². The van der Waals surface area contributed by atoms with Crippen LogP contribution in [0, 0.1) is 0 Å². The molecule has 1 aliphatic heterocycles. The summed E-state index contributed by atoms with van der Waals surface area (Å²) in [4.78, 5) is 28.3. The van der Waals surface area contributed by atoms with Crippen molar-refractivity contribution in [3.63, 3.8) is 0 Å². The minimum atomic E-state index is -0.622. The molecule has 19 heavy (non-hydrogen) atoms. The Labute approximate surface area is 111 Å². The first kappa shape index (κ1) is 13.3. The van der Waals surface area contributed by atoms with Crippen LogP contribution in [0.2, 0.25) is 0 Å². The van der Waals surface area contributed by atoms with Crippen molar-refractivity contribution in [3.05, 3.63) is 34.0 Å². The largest absolute Gasteiger partial charge is 0.462 e. The predicted octanol–water partition coefficient (Wildman–Crippen LogP) is 0.945. The summed E-state index contributed by atoms with van der Waals surface area (Å²) in [6.45, 7) is 3.85. The lowest BCUT2D eigenvalue weighted by Crippen LogP contribution is -2.35. The van der Waals surface area contributed by atoms with E-state index in [9.17, 15) is 9.59 Å². The van der Waals surface area contributed by atoms with E-state index in [2.05, 4.69) is 10.3 Å². The molecular weight excluding hydrogens is 246 g/mol. The van der Waals surface area contributed by atoms with Gasteiger partial charge in [0.2, 0.25) is 0 Å². The highest BCUT2D eigenvalue weighted by molar-refractivity contribution is 5.88. The fraction of sp³-hybridized carbons (Fsp3) is 0.462. The van der Waals surface area contributed by atoms with Crippen LogP contribution in [0.5, 0.6) is 0 Å². The summed E-state index contributed by atoms with van der Waals surface area (Å²) in [6, 6.07) is -0.0264. The molecular formula is C13H17N3O3. The third-order valence-corrected chi connectivity index (χ3v) is 3.10. The molecule has 1 unspecified atom stereocenters. The second-order valence-corrected chi connectivity index (χ2v) is 4.34. The zero-order valence-electron chi connectivity index (χ0n) is 11.3. The molecule has 2 heterocycles. The van der Waals surface area contributed by atoms with Crippen LogP contribution >= 0.6 is 0 Å². The van der Waals surface area contributed by atoms with Crippen molar-refractivity contribution in [2.45, 2.75) is 26.3 Å². The zero-order chi connectivity index (χ0) is 14.0. The smallest absolute Gasteiger partial charge is 0.345 e. The molecule has 1 aliphatic rings. The molecule has 0 aromatic carbocycles. The molecule has 0 fully saturated rings. The molecule has 1 N–H and O–H groups in total. The van der Waals surface area contributed by atoms with Gasteiger partial charge in [-0.2, -0.15) is 0 Å². The van der Waals surface area contributed by atoms with Crippen LogP contribution in [0.15, 0.2) is 17.1 Å². The predicted molar refractivity (Wildman–Crippen MR) is 70.8 cm³/mol. The van der Waals surface area contributed by atoms with Gasteiger partial charge in [-0.05, 0) is 20.3 Å². The van der Waals surface area contributed by atoms with Crippen molar-refractivity contribution in [2.75, 3.05) is 13.7 Å². The second-order valence-electron chi connectivity index (χ2n) is 4.34. The van der Waals surface area contributed by atoms with E-state index in [4.69, 9.17) is 4.74 Å². The van der Waals surface area contributed by atoms with E-state index in [1.165, 1.54) is 10.8 Å². The number of nitrogens with one attached hydrogen (secondary N) is 1. The van der Waals surface area contributed by atoms with E-state index in [1.807, 2.05) is 13.0 Å². The lowest BCUT2D eigenvalue weighted by atomic mass is 10.1. The maximum Gasteiger partial charge on any atom is 0.345 e. The average Bonchev–Trinajstić information content (AvgIpc) is 2.39. The van der Waals surface area contributed by atoms with E-state index in [0.717, 1.165) is 12.1 Å². The van der Waals surface area contributed by atoms with E-state index >= 15 is 0 Å². The van der Waals surface area contributed by atoms with Gasteiger partial charge >= 0.3 is 5.97 Å². The number of esters is 1. The summed E-state index contributed by atoms with van der Waals surface area (Å²) >= 11 is 0. The van der Waals surface area contributed by atoms with E-state index in [0.29, 0.717) is 5.82 Å². The number of carbonyl (C=O) groups is 1. The van der Waals surface area contributed by atoms with Crippen molar-refractivity contribution < 1.29 is 9.53 Å². The molecule has 0 aliphatic carbocycles. The molecule has 1 aromatic heterocycles. The van der Waals surface area contributed by atoms with E-state index in [-0.39, 0.29) is 23.8 Å². The number of carbonyl (C=O) groups excluding carboxylic acids is 1. The fourth-order valence-electron chi connectivity index (χ4n) is 2.13. The van der Waals surface area contributed by atoms with Crippen LogP contribution in [-0.4, -0.2) is 29.2 Å². The Balaban J connectivity index is 2.56. The van der Waals surface area contributed by atoms with Gasteiger partial charge < -0.3 is 10.1 Å². The quantitative estimate of drug-likeness (QED) is 0.822. The number of nitrogens with zero attached hydrogens (tertiary/aromatic N) is 2. The van der Waals surface area contributed by atoms with Gasteiger partial charge in [-0.1, -0.05) is 6.08 Å². The highest BCUT2D eigenvalue weighted by Crippen LogP contribution is 2.22. The molecule has 0 radical (unpaired) electrons. The van der Waals surface area contributed by atoms with Gasteiger partial charge in [-0.25, -0.2) is 9.78 Å². The van der Waals surface area contributed by atoms with Crippen molar-refractivity contribution in [1.82, 2.24) is 14.9 Å². The third kappa shape index (κ3) is 2.25. The van der Waals surface area contributed by atoms with Gasteiger partial charge in [-0.3, -0.25) is 9.36 Å². The topological polar surface area (TPSA) is 73.2 Å². The van der Waals surface area contributed by atoms with Gasteiger partial charge in [0.15, 0.2) is 5.82 Å². The van der Waals surface area contributed by atoms with E-state index < -0.39 is 5.97 Å². The average molecular weight is 263 g/mol. The first-order chi connectivity index (χ1) is 9.10. The zero-order valence-corrected chi connectivity index (χ0v) is 11.3. The SMILES string of the molecule is CCOC(=O)c1cnc2n(c1=O)C(C)CC=C2NC. The van der Waals surface area contributed by atoms with Gasteiger partial charge in [0.1, 0.15) is 5.56 Å². The van der Waals surface area contributed by atoms with Gasteiger partial charge in [0.05, 0.1) is 12.3 Å². The highest BCUT2D eigenvalue weighted by Gasteiger charge is 2.24. The summed E-state index contributed by atoms with van der Waals surface area (Å²) in [5.74, 6) is -0.0673. The Morgan fingerprint density at radius 2 is 2.37 bits per heavy atom. The van der Waals surface area contributed by atoms with Crippen LogP contribution in [0.1, 0.15) is 42.5 Å². The molecule has 2 rings (SSSR count). The number of aromatic nitrogens is 2. The molecule has 0 saturated heterocycles. The Kier molecular flexibility index (Phi) is 3.69. The molecule has 0 amide bonds. The maximum atomic E-state index is 12.4. The van der Waals surface area contributed by atoms with Crippen molar-refractivity contribution in [2.24, 2.45) is 0 Å². The summed E-state index contributed by atoms with van der Waals surface area (Å²) in [5, 5.41) is 3.00. The molecule has 102 valence electrons. The van der Waals surface area contributed by atoms with Gasteiger partial charge in [0.25, 0.3) is 5.56 Å². The minimum absolute atomic E-state index is 0.0187. The van der Waals surface area contributed by atoms with Gasteiger partial charge in [0, 0.05) is 19.3 Å². The molecule has 1 aromatic rings. The molecule has 0 bridgehead atoms. The van der Waals surface area contributed by atoms with Crippen LogP contribution in [-0.2, 0) is 4.74 Å². The summed E-state index contributed by atoms with van der Waals surface area (Å²) in [6.07, 6.45) is 4.00. The summed E-state index contributed by atoms with van der Waals surface area (Å²) < 4.78 is 6.41. The Hall–Kier alpha value is -2.11. The standard InChI is InChI=1S/C13H17N3O3/c1-4-19-13(18)9-7-15-11-10(14-3)6-5-8(2)16(11)12(9)17/h6-8,14H,4-5H2,1-3H3. The fourth-order valence-corrected chi connectivity index (χ4v) is 2.13. The first-order valence-electron chi connectivity index (χ1n) is 6.27. The lowest BCUT2D eigenvalue weighted by molar-refractivity contribution is 0.0522. The Morgan fingerprint density at radius 3 is 3.00 bits per heavy atom. The van der Waals surface area contributed by atoms with Crippen LogP contribution < -0.4 is 10.9 Å². The highest BCUT2D eigenvalue weighted by atomic mass is 16.5. The number of hydrogen-bond donors (Lipinski definition) is 1. The third-order valence-electron chi connectivity index (χ3n) is 3.10. The van der Waals surface area contributed by atoms with E-state index in [1.54, 1.807) is 14.0 Å². The number of hydrogen-bond acceptors (Lipinski definition) is 5. The number of allylic oxidation sites excluding steroid dienone is 1. The van der Waals surface area contributed by atoms with Crippen molar-refractivity contribution >= 4 is 11.7 Å². The monoisotopic (exact) mass is 263 g/mol. The first-order valence-corrected chi connectivity index (χ1v) is 6.27. The molecule has 6 heteroatoms. The van der Waals surface area contributed by atoms with Crippen LogP contribution in [0.3, 0.4) is 0 Å². The van der Waals surface area contributed by atoms with Crippen molar-refractivity contribution in [1.29, 1.82) is 0 Å². The van der Waals surface area contributed by atoms with Crippen LogP contribution in [0.25, 0.3) is 5.70 Å². The van der Waals surface area contributed by atoms with Crippen LogP contribution in [0.4, 0.5) is 0 Å². The maximum absolute atomic E-state index is 12.4. The normalized spacial score (nSPS) is 17.4. The second kappa shape index (κ2) is 5.26. The molecule has 6 nitrogen and oxygen atoms in total. The number of ether oxygens (including phenoxy) is 1. The van der Waals surface area contributed by atoms with Crippen molar-refractivity contribution in [3.8, 4) is 0 Å².